The summed E-state index contributed by atoms with van der Waals surface area (Å²) in [6.07, 6.45) is 2.45. The van der Waals surface area contributed by atoms with Crippen molar-refractivity contribution in [2.75, 3.05) is 26.2 Å². The van der Waals surface area contributed by atoms with Gasteiger partial charge in [0.1, 0.15) is 10.9 Å². The van der Waals surface area contributed by atoms with Gasteiger partial charge in [-0.1, -0.05) is 12.1 Å². The number of piperidine rings is 1. The van der Waals surface area contributed by atoms with Crippen LogP contribution in [0.1, 0.15) is 38.2 Å². The molecular weight excluding hydrogens is 408 g/mol. The zero-order valence-electron chi connectivity index (χ0n) is 16.9. The number of fused-ring (bicyclic) bond motifs is 1. The van der Waals surface area contributed by atoms with Gasteiger partial charge in [0.05, 0.1) is 6.61 Å². The Morgan fingerprint density at radius 2 is 1.90 bits per heavy atom. The third-order valence-electron chi connectivity index (χ3n) is 5.81. The van der Waals surface area contributed by atoms with E-state index in [1.165, 1.54) is 0 Å². The minimum atomic E-state index is -3.72. The van der Waals surface area contributed by atoms with Gasteiger partial charge in [0.2, 0.25) is 5.91 Å². The van der Waals surface area contributed by atoms with E-state index in [1.54, 1.807) is 36.1 Å². The van der Waals surface area contributed by atoms with Crippen LogP contribution in [0.5, 0.6) is 0 Å². The fourth-order valence-electron chi connectivity index (χ4n) is 4.31. The van der Waals surface area contributed by atoms with E-state index in [9.17, 15) is 18.0 Å². The Bertz CT molecular complexity index is 969. The van der Waals surface area contributed by atoms with Crippen molar-refractivity contribution >= 4 is 27.9 Å². The Kier molecular flexibility index (Phi) is 5.68. The molecule has 10 heteroatoms. The summed E-state index contributed by atoms with van der Waals surface area (Å²) in [5, 5.41) is 3.09. The van der Waals surface area contributed by atoms with E-state index in [0.29, 0.717) is 56.9 Å². The molecule has 0 aliphatic carbocycles. The van der Waals surface area contributed by atoms with Crippen LogP contribution in [0.3, 0.4) is 0 Å². The zero-order chi connectivity index (χ0) is 21.3. The number of carbonyl (C=O) groups excluding carboxylic acids is 2. The summed E-state index contributed by atoms with van der Waals surface area (Å²) in [5.74, 6) is 0.243. The second kappa shape index (κ2) is 8.25. The normalized spacial score (nSPS) is 23.1. The molecule has 1 N–H and O–H groups in total. The second-order valence-corrected chi connectivity index (χ2v) is 9.28. The van der Waals surface area contributed by atoms with Crippen LogP contribution in [0, 0.1) is 0 Å². The number of hydrogen-bond acceptors (Lipinski definition) is 6. The summed E-state index contributed by atoms with van der Waals surface area (Å²) < 4.78 is 33.8. The van der Waals surface area contributed by atoms with E-state index < -0.39 is 16.1 Å². The molecule has 1 aromatic carbocycles. The Hall–Kier alpha value is -2.62. The molecule has 2 fully saturated rings. The van der Waals surface area contributed by atoms with Gasteiger partial charge in [-0.25, -0.2) is 4.79 Å². The molecule has 162 valence electrons. The Morgan fingerprint density at radius 1 is 1.17 bits per heavy atom. The highest BCUT2D eigenvalue weighted by molar-refractivity contribution is 7.90. The van der Waals surface area contributed by atoms with Crippen LogP contribution in [0.4, 0.5) is 4.79 Å². The third-order valence-corrected chi connectivity index (χ3v) is 7.13. The maximum absolute atomic E-state index is 13.0. The molecule has 0 aromatic heterocycles. The summed E-state index contributed by atoms with van der Waals surface area (Å²) >= 11 is 0. The first kappa shape index (κ1) is 20.6. The summed E-state index contributed by atoms with van der Waals surface area (Å²) in [5.41, 5.74) is 0.556. The predicted molar refractivity (Wildman–Crippen MR) is 110 cm³/mol. The molecule has 1 aromatic rings. The molecule has 0 spiro atoms. The second-order valence-electron chi connectivity index (χ2n) is 7.71. The molecule has 9 nitrogen and oxygen atoms in total. The number of nitrogens with zero attached hydrogens (tertiary/aromatic N) is 3. The number of sulfonamides is 1. The standard InChI is InChI=1S/C20H26N4O5S/c1-2-29-20(26)23-12-9-14(10-13-23)21-19(25)16-7-5-11-24(16)18-15-6-3-4-8-17(15)30(27,28)22-18/h3-4,6,8,14,16H,2,5,7,9-13H2,1H3,(H,21,25)/t16-/m0/s1. The number of amides is 2. The van der Waals surface area contributed by atoms with E-state index in [0.717, 1.165) is 6.42 Å². The summed E-state index contributed by atoms with van der Waals surface area (Å²) in [7, 11) is -3.72. The van der Waals surface area contributed by atoms with Gasteiger partial charge in [-0.05, 0) is 44.7 Å². The number of ether oxygens (including phenoxy) is 1. The van der Waals surface area contributed by atoms with Gasteiger partial charge in [-0.2, -0.15) is 8.42 Å². The highest BCUT2D eigenvalue weighted by atomic mass is 32.2. The zero-order valence-corrected chi connectivity index (χ0v) is 17.7. The topological polar surface area (TPSA) is 108 Å². The molecule has 4 rings (SSSR count). The van der Waals surface area contributed by atoms with Crippen LogP contribution < -0.4 is 5.32 Å². The lowest BCUT2D eigenvalue weighted by Gasteiger charge is -2.33. The quantitative estimate of drug-likeness (QED) is 0.769. The fourth-order valence-corrected chi connectivity index (χ4v) is 5.52. The van der Waals surface area contributed by atoms with Gasteiger partial charge < -0.3 is 19.9 Å². The van der Waals surface area contributed by atoms with Crippen LogP contribution >= 0.6 is 0 Å². The Labute approximate surface area is 176 Å². The minimum Gasteiger partial charge on any atom is -0.450 e. The van der Waals surface area contributed by atoms with Crippen LogP contribution in [0.2, 0.25) is 0 Å². The van der Waals surface area contributed by atoms with Gasteiger partial charge >= 0.3 is 6.09 Å². The van der Waals surface area contributed by atoms with Gasteiger partial charge in [0.25, 0.3) is 10.0 Å². The number of hydrogen-bond donors (Lipinski definition) is 1. The van der Waals surface area contributed by atoms with E-state index in [1.807, 2.05) is 4.90 Å². The minimum absolute atomic E-state index is 0.0211. The Morgan fingerprint density at radius 3 is 2.63 bits per heavy atom. The molecule has 1 atom stereocenters. The van der Waals surface area contributed by atoms with Gasteiger partial charge in [0, 0.05) is 31.2 Å². The largest absolute Gasteiger partial charge is 0.450 e. The lowest BCUT2D eigenvalue weighted by molar-refractivity contribution is -0.125. The van der Waals surface area contributed by atoms with Crippen molar-refractivity contribution in [2.45, 2.75) is 49.6 Å². The number of likely N-dealkylation sites (tertiary alicyclic amines) is 2. The SMILES string of the molecule is CCOC(=O)N1CCC(NC(=O)[C@@H]2CCCN2C2=NS(=O)(=O)c3ccccc32)CC1. The maximum Gasteiger partial charge on any atom is 0.409 e. The van der Waals surface area contributed by atoms with Gasteiger partial charge in [-0.3, -0.25) is 4.79 Å². The molecule has 3 heterocycles. The summed E-state index contributed by atoms with van der Waals surface area (Å²) in [6, 6.07) is 6.25. The van der Waals surface area contributed by atoms with E-state index in [4.69, 9.17) is 4.74 Å². The molecule has 2 amide bonds. The third kappa shape index (κ3) is 3.88. The molecule has 30 heavy (non-hydrogen) atoms. The lowest BCUT2D eigenvalue weighted by atomic mass is 10.0. The molecule has 3 aliphatic heterocycles. The van der Waals surface area contributed by atoms with Crippen LogP contribution in [0.15, 0.2) is 33.6 Å². The number of amidine groups is 1. The van der Waals surface area contributed by atoms with Gasteiger partial charge in [0.15, 0.2) is 5.84 Å². The predicted octanol–water partition coefficient (Wildman–Crippen LogP) is 1.34. The number of benzene rings is 1. The molecule has 3 aliphatic rings. The first-order valence-electron chi connectivity index (χ1n) is 10.3. The van der Waals surface area contributed by atoms with Gasteiger partial charge in [-0.15, -0.1) is 4.40 Å². The lowest BCUT2D eigenvalue weighted by Crippen LogP contribution is -2.52. The summed E-state index contributed by atoms with van der Waals surface area (Å²) in [6.45, 7) is 3.78. The maximum atomic E-state index is 13.0. The average Bonchev–Trinajstić information content (AvgIpc) is 3.32. The number of nitrogens with one attached hydrogen (secondary N) is 1. The molecule has 0 unspecified atom stereocenters. The molecular formula is C20H26N4O5S. The van der Waals surface area contributed by atoms with Crippen LogP contribution in [0.25, 0.3) is 0 Å². The fraction of sp³-hybridized carbons (Fsp3) is 0.550. The first-order valence-corrected chi connectivity index (χ1v) is 11.8. The van der Waals surface area contributed by atoms with Crippen molar-refractivity contribution in [3.8, 4) is 0 Å². The highest BCUT2D eigenvalue weighted by Gasteiger charge is 2.39. The van der Waals surface area contributed by atoms with E-state index >= 15 is 0 Å². The van der Waals surface area contributed by atoms with Crippen LogP contribution in [-0.4, -0.2) is 74.4 Å². The van der Waals surface area contributed by atoms with Crippen molar-refractivity contribution in [1.82, 2.24) is 15.1 Å². The molecule has 0 bridgehead atoms. The average molecular weight is 435 g/mol. The molecule has 0 saturated carbocycles. The molecule has 0 radical (unpaired) electrons. The highest BCUT2D eigenvalue weighted by Crippen LogP contribution is 2.31. The summed E-state index contributed by atoms with van der Waals surface area (Å²) in [4.78, 5) is 28.5. The first-order chi connectivity index (χ1) is 14.4. The Balaban J connectivity index is 1.42. The van der Waals surface area contributed by atoms with Crippen molar-refractivity contribution in [3.05, 3.63) is 29.8 Å². The number of carbonyl (C=O) groups is 2. The van der Waals surface area contributed by atoms with Crippen LogP contribution in [-0.2, 0) is 19.6 Å². The number of rotatable bonds is 3. The monoisotopic (exact) mass is 434 g/mol. The van der Waals surface area contributed by atoms with Crippen molar-refractivity contribution < 1.29 is 22.7 Å². The molecule has 2 saturated heterocycles. The van der Waals surface area contributed by atoms with E-state index in [2.05, 4.69) is 9.71 Å². The van der Waals surface area contributed by atoms with Crippen molar-refractivity contribution in [3.63, 3.8) is 0 Å². The smallest absolute Gasteiger partial charge is 0.409 e. The van der Waals surface area contributed by atoms with Crippen molar-refractivity contribution in [2.24, 2.45) is 4.40 Å². The van der Waals surface area contributed by atoms with Crippen molar-refractivity contribution in [1.29, 1.82) is 0 Å². The van der Waals surface area contributed by atoms with E-state index in [-0.39, 0.29) is 22.9 Å².